The summed E-state index contributed by atoms with van der Waals surface area (Å²) >= 11 is 0. The van der Waals surface area contributed by atoms with E-state index in [0.29, 0.717) is 5.57 Å². The number of carbonyl (C=O) groups excluding carboxylic acids is 3. The van der Waals surface area contributed by atoms with E-state index in [1.54, 1.807) is 26.8 Å². The van der Waals surface area contributed by atoms with E-state index >= 15 is 0 Å². The van der Waals surface area contributed by atoms with Crippen LogP contribution >= 0.6 is 0 Å². The summed E-state index contributed by atoms with van der Waals surface area (Å²) in [4.78, 5) is 37.8. The highest BCUT2D eigenvalue weighted by Crippen LogP contribution is 2.63. The Labute approximate surface area is 188 Å². The lowest BCUT2D eigenvalue weighted by Crippen LogP contribution is -2.65. The van der Waals surface area contributed by atoms with Crippen molar-refractivity contribution in [3.05, 3.63) is 23.3 Å². The lowest BCUT2D eigenvalue weighted by atomic mass is 9.59. The zero-order valence-electron chi connectivity index (χ0n) is 19.8. The minimum atomic E-state index is -2.27. The summed E-state index contributed by atoms with van der Waals surface area (Å²) in [6, 6.07) is 0. The third-order valence-electron chi connectivity index (χ3n) is 8.23. The molecule has 0 aromatic heterocycles. The highest BCUT2D eigenvalue weighted by Gasteiger charge is 2.73. The van der Waals surface area contributed by atoms with Crippen LogP contribution in [0.25, 0.3) is 0 Å². The number of fused-ring (bicyclic) bond motifs is 1. The molecule has 32 heavy (non-hydrogen) atoms. The number of esters is 2. The van der Waals surface area contributed by atoms with Gasteiger partial charge in [-0.15, -0.1) is 0 Å². The van der Waals surface area contributed by atoms with Crippen molar-refractivity contribution < 1.29 is 39.2 Å². The largest absolute Gasteiger partial charge is 0.461 e. The van der Waals surface area contributed by atoms with E-state index in [-0.39, 0.29) is 24.4 Å². The van der Waals surface area contributed by atoms with Crippen molar-refractivity contribution in [1.82, 2.24) is 0 Å². The van der Waals surface area contributed by atoms with Crippen LogP contribution in [0, 0.1) is 22.7 Å². The topological polar surface area (TPSA) is 130 Å². The Kier molecular flexibility index (Phi) is 5.77. The SMILES string of the molecule is CC(=O)OCC1=CC2C(=O)C3(C=C(C)C(O)C3(O)C1O)[C@H](C)C[C@@](C)(OC(C)=O)C2(C)C. The third-order valence-corrected chi connectivity index (χ3v) is 8.23. The summed E-state index contributed by atoms with van der Waals surface area (Å²) in [6.07, 6.45) is 0.142. The Balaban J connectivity index is 2.35. The van der Waals surface area contributed by atoms with Gasteiger partial charge in [0.05, 0.1) is 5.41 Å². The number of allylic oxidation sites excluding steroid dienone is 1. The van der Waals surface area contributed by atoms with Crippen LogP contribution < -0.4 is 0 Å². The predicted octanol–water partition coefficient (Wildman–Crippen LogP) is 1.46. The van der Waals surface area contributed by atoms with Crippen molar-refractivity contribution in [3.63, 3.8) is 0 Å². The van der Waals surface area contributed by atoms with Crippen molar-refractivity contribution in [3.8, 4) is 0 Å². The van der Waals surface area contributed by atoms with Crippen LogP contribution in [-0.2, 0) is 23.9 Å². The summed E-state index contributed by atoms with van der Waals surface area (Å²) in [5.41, 5.74) is -5.46. The first-order chi connectivity index (χ1) is 14.6. The van der Waals surface area contributed by atoms with Crippen LogP contribution in [0.2, 0.25) is 0 Å². The van der Waals surface area contributed by atoms with Crippen molar-refractivity contribution in [2.75, 3.05) is 6.61 Å². The summed E-state index contributed by atoms with van der Waals surface area (Å²) in [7, 11) is 0. The monoisotopic (exact) mass is 450 g/mol. The number of ether oxygens (including phenoxy) is 2. The van der Waals surface area contributed by atoms with Crippen LogP contribution in [0.4, 0.5) is 0 Å². The molecule has 178 valence electrons. The number of Topliss-reactive ketones (excluding diaryl/α,β-unsaturated/α-hetero) is 1. The van der Waals surface area contributed by atoms with Crippen LogP contribution in [0.15, 0.2) is 23.3 Å². The molecule has 0 heterocycles. The second-order valence-electron chi connectivity index (χ2n) is 10.4. The fourth-order valence-corrected chi connectivity index (χ4v) is 6.15. The fourth-order valence-electron chi connectivity index (χ4n) is 6.15. The molecule has 2 bridgehead atoms. The molecule has 0 radical (unpaired) electrons. The Bertz CT molecular complexity index is 917. The molecule has 0 aromatic carbocycles. The summed E-state index contributed by atoms with van der Waals surface area (Å²) in [6.45, 7) is 10.9. The van der Waals surface area contributed by atoms with Crippen molar-refractivity contribution in [2.45, 2.75) is 78.3 Å². The lowest BCUT2D eigenvalue weighted by Gasteiger charge is -2.48. The summed E-state index contributed by atoms with van der Waals surface area (Å²) in [5.74, 6) is -2.96. The summed E-state index contributed by atoms with van der Waals surface area (Å²) < 4.78 is 10.9. The molecule has 5 unspecified atom stereocenters. The van der Waals surface area contributed by atoms with Gasteiger partial charge in [0.2, 0.25) is 0 Å². The molecular formula is C24H34O8. The number of aliphatic hydroxyl groups excluding tert-OH is 2. The van der Waals surface area contributed by atoms with Gasteiger partial charge >= 0.3 is 11.9 Å². The molecule has 0 aliphatic heterocycles. The highest BCUT2D eigenvalue weighted by atomic mass is 16.6. The first-order valence-corrected chi connectivity index (χ1v) is 10.9. The predicted molar refractivity (Wildman–Crippen MR) is 114 cm³/mol. The Morgan fingerprint density at radius 3 is 2.25 bits per heavy atom. The molecule has 3 aliphatic rings. The maximum Gasteiger partial charge on any atom is 0.303 e. The Hall–Kier alpha value is -2.03. The van der Waals surface area contributed by atoms with Gasteiger partial charge in [-0.2, -0.15) is 0 Å². The van der Waals surface area contributed by atoms with Gasteiger partial charge in [-0.1, -0.05) is 32.9 Å². The van der Waals surface area contributed by atoms with Gasteiger partial charge in [-0.05, 0) is 37.3 Å². The van der Waals surface area contributed by atoms with Crippen LogP contribution in [0.3, 0.4) is 0 Å². The fraction of sp³-hybridized carbons (Fsp3) is 0.708. The standard InChI is InChI=1S/C24H34O8/c1-12-9-23-13(2)10-22(7,32-15(4)26)21(5,6)17(20(23)29)8-16(11-31-14(3)25)19(28)24(23,30)18(12)27/h8-9,13,17-19,27-28,30H,10-11H2,1-7H3/t13-,17?,18?,19?,22-,23?,24?/m1/s1. The van der Waals surface area contributed by atoms with E-state index in [1.165, 1.54) is 19.9 Å². The second kappa shape index (κ2) is 7.50. The molecule has 3 rings (SSSR count). The normalized spacial score (nSPS) is 42.8. The maximum absolute atomic E-state index is 14.3. The average Bonchev–Trinajstić information content (AvgIpc) is 2.81. The molecule has 8 heteroatoms. The Morgan fingerprint density at radius 1 is 1.12 bits per heavy atom. The zero-order chi connectivity index (χ0) is 24.4. The molecular weight excluding hydrogens is 416 g/mol. The number of aliphatic hydroxyl groups is 3. The van der Waals surface area contributed by atoms with Gasteiger partial charge in [0.1, 0.15) is 30.0 Å². The quantitative estimate of drug-likeness (QED) is 0.435. The van der Waals surface area contributed by atoms with Crippen LogP contribution in [0.5, 0.6) is 0 Å². The third kappa shape index (κ3) is 3.03. The molecule has 1 spiro atoms. The van der Waals surface area contributed by atoms with E-state index in [2.05, 4.69) is 0 Å². The Morgan fingerprint density at radius 2 is 1.72 bits per heavy atom. The highest BCUT2D eigenvalue weighted by molar-refractivity contribution is 5.95. The van der Waals surface area contributed by atoms with Crippen LogP contribution in [-0.4, -0.2) is 63.1 Å². The van der Waals surface area contributed by atoms with Gasteiger partial charge in [-0.25, -0.2) is 0 Å². The molecule has 0 aromatic rings. The van der Waals surface area contributed by atoms with Crippen LogP contribution in [0.1, 0.15) is 54.9 Å². The molecule has 1 saturated carbocycles. The zero-order valence-corrected chi connectivity index (χ0v) is 19.8. The number of carbonyl (C=O) groups is 3. The molecule has 1 fully saturated rings. The first kappa shape index (κ1) is 24.6. The van der Waals surface area contributed by atoms with E-state index < -0.39 is 58.0 Å². The van der Waals surface area contributed by atoms with Gasteiger partial charge < -0.3 is 24.8 Å². The molecule has 7 atom stereocenters. The number of hydrogen-bond donors (Lipinski definition) is 3. The number of hydrogen-bond acceptors (Lipinski definition) is 8. The first-order valence-electron chi connectivity index (χ1n) is 10.9. The maximum atomic E-state index is 14.3. The van der Waals surface area contributed by atoms with E-state index in [0.717, 1.165) is 0 Å². The smallest absolute Gasteiger partial charge is 0.303 e. The van der Waals surface area contributed by atoms with Crippen molar-refractivity contribution in [2.24, 2.45) is 22.7 Å². The van der Waals surface area contributed by atoms with Gasteiger partial charge in [0.15, 0.2) is 5.78 Å². The van der Waals surface area contributed by atoms with Crippen molar-refractivity contribution >= 4 is 17.7 Å². The number of ketones is 1. The molecule has 3 N–H and O–H groups in total. The minimum Gasteiger partial charge on any atom is -0.461 e. The molecule has 3 aliphatic carbocycles. The van der Waals surface area contributed by atoms with E-state index in [4.69, 9.17) is 9.47 Å². The lowest BCUT2D eigenvalue weighted by molar-refractivity contribution is -0.192. The van der Waals surface area contributed by atoms with Crippen molar-refractivity contribution in [1.29, 1.82) is 0 Å². The van der Waals surface area contributed by atoms with E-state index in [1.807, 2.05) is 13.8 Å². The van der Waals surface area contributed by atoms with E-state index in [9.17, 15) is 29.7 Å². The van der Waals surface area contributed by atoms with Gasteiger partial charge in [0, 0.05) is 25.2 Å². The molecule has 8 nitrogen and oxygen atoms in total. The van der Waals surface area contributed by atoms with Gasteiger partial charge in [0.25, 0.3) is 0 Å². The number of rotatable bonds is 3. The minimum absolute atomic E-state index is 0.123. The summed E-state index contributed by atoms with van der Waals surface area (Å²) in [5, 5.41) is 34.3. The molecule has 0 saturated heterocycles. The van der Waals surface area contributed by atoms with Gasteiger partial charge in [-0.3, -0.25) is 14.4 Å². The molecule has 0 amide bonds. The average molecular weight is 451 g/mol. The second-order valence-corrected chi connectivity index (χ2v) is 10.4.